The van der Waals surface area contributed by atoms with Crippen molar-refractivity contribution in [3.05, 3.63) is 23.8 Å². The Bertz CT molecular complexity index is 385. The van der Waals surface area contributed by atoms with Gasteiger partial charge >= 0.3 is 0 Å². The zero-order valence-electron chi connectivity index (χ0n) is 9.56. The van der Waals surface area contributed by atoms with Gasteiger partial charge in [-0.05, 0) is 24.1 Å². The van der Waals surface area contributed by atoms with Crippen molar-refractivity contribution >= 4 is 0 Å². The Hall–Kier alpha value is -1.73. The molecule has 0 aliphatic carbocycles. The summed E-state index contributed by atoms with van der Waals surface area (Å²) in [5.41, 5.74) is 6.50. The third-order valence-corrected chi connectivity index (χ3v) is 2.40. The van der Waals surface area contributed by atoms with Gasteiger partial charge in [-0.1, -0.05) is 6.07 Å². The molecule has 2 N–H and O–H groups in total. The zero-order valence-corrected chi connectivity index (χ0v) is 9.56. The summed E-state index contributed by atoms with van der Waals surface area (Å²) < 4.78 is 10.3. The van der Waals surface area contributed by atoms with Crippen LogP contribution in [0, 0.1) is 17.2 Å². The molecule has 4 nitrogen and oxygen atoms in total. The van der Waals surface area contributed by atoms with Crippen LogP contribution in [0.25, 0.3) is 0 Å². The van der Waals surface area contributed by atoms with E-state index in [4.69, 9.17) is 20.5 Å². The van der Waals surface area contributed by atoms with Gasteiger partial charge in [0.25, 0.3) is 0 Å². The van der Waals surface area contributed by atoms with Gasteiger partial charge in [0.15, 0.2) is 11.5 Å². The molecule has 0 radical (unpaired) electrons. The highest BCUT2D eigenvalue weighted by Gasteiger charge is 2.09. The molecule has 1 rings (SSSR count). The van der Waals surface area contributed by atoms with Crippen molar-refractivity contribution in [2.45, 2.75) is 6.42 Å². The van der Waals surface area contributed by atoms with Crippen molar-refractivity contribution in [3.8, 4) is 17.6 Å². The van der Waals surface area contributed by atoms with Gasteiger partial charge in [-0.2, -0.15) is 5.26 Å². The van der Waals surface area contributed by atoms with E-state index < -0.39 is 0 Å². The first-order chi connectivity index (χ1) is 7.74. The molecule has 1 aromatic carbocycles. The molecule has 0 amide bonds. The molecule has 0 unspecified atom stereocenters. The van der Waals surface area contributed by atoms with Crippen molar-refractivity contribution < 1.29 is 9.47 Å². The Kier molecular flexibility index (Phi) is 4.62. The fourth-order valence-corrected chi connectivity index (χ4v) is 1.47. The first-order valence-electron chi connectivity index (χ1n) is 5.05. The minimum atomic E-state index is -0.155. The van der Waals surface area contributed by atoms with Crippen LogP contribution in [0.1, 0.15) is 5.56 Å². The Morgan fingerprint density at radius 3 is 2.50 bits per heavy atom. The monoisotopic (exact) mass is 220 g/mol. The molecule has 0 aliphatic rings. The zero-order chi connectivity index (χ0) is 12.0. The molecule has 0 saturated heterocycles. The summed E-state index contributed by atoms with van der Waals surface area (Å²) in [4.78, 5) is 0. The third kappa shape index (κ3) is 2.88. The molecule has 0 spiro atoms. The van der Waals surface area contributed by atoms with Gasteiger partial charge in [0.2, 0.25) is 0 Å². The number of benzene rings is 1. The van der Waals surface area contributed by atoms with Crippen LogP contribution in [-0.2, 0) is 6.42 Å². The maximum atomic E-state index is 8.83. The average Bonchev–Trinajstić information content (AvgIpc) is 2.35. The van der Waals surface area contributed by atoms with Crippen LogP contribution in [0.15, 0.2) is 18.2 Å². The summed E-state index contributed by atoms with van der Waals surface area (Å²) >= 11 is 0. The molecule has 1 atom stereocenters. The van der Waals surface area contributed by atoms with E-state index in [1.54, 1.807) is 14.2 Å². The van der Waals surface area contributed by atoms with E-state index in [1.165, 1.54) is 0 Å². The maximum absolute atomic E-state index is 8.83. The molecular weight excluding hydrogens is 204 g/mol. The number of methoxy groups -OCH3 is 2. The molecule has 0 bridgehead atoms. The lowest BCUT2D eigenvalue weighted by Gasteiger charge is -2.11. The number of nitrogens with zero attached hydrogens (tertiary/aromatic N) is 1. The maximum Gasteiger partial charge on any atom is 0.160 e. The number of nitriles is 1. The molecule has 0 aromatic heterocycles. The highest BCUT2D eigenvalue weighted by atomic mass is 16.5. The van der Waals surface area contributed by atoms with Crippen LogP contribution >= 0.6 is 0 Å². The molecule has 0 fully saturated rings. The molecule has 0 aliphatic heterocycles. The molecule has 4 heteroatoms. The predicted molar refractivity (Wildman–Crippen MR) is 61.4 cm³/mol. The summed E-state index contributed by atoms with van der Waals surface area (Å²) in [6, 6.07) is 7.79. The SMILES string of the molecule is COc1ccc(C[C@H](C#N)CN)cc1OC. The first kappa shape index (κ1) is 12.3. The van der Waals surface area contributed by atoms with Crippen LogP contribution in [0.3, 0.4) is 0 Å². The number of hydrogen-bond donors (Lipinski definition) is 1. The summed E-state index contributed by atoms with van der Waals surface area (Å²) in [6.07, 6.45) is 0.632. The lowest BCUT2D eigenvalue weighted by molar-refractivity contribution is 0.354. The summed E-state index contributed by atoms with van der Waals surface area (Å²) in [5.74, 6) is 1.21. The Labute approximate surface area is 95.6 Å². The second kappa shape index (κ2) is 5.99. The van der Waals surface area contributed by atoms with E-state index >= 15 is 0 Å². The average molecular weight is 220 g/mol. The molecule has 0 heterocycles. The van der Waals surface area contributed by atoms with Gasteiger partial charge < -0.3 is 15.2 Å². The fraction of sp³-hybridized carbons (Fsp3) is 0.417. The van der Waals surface area contributed by atoms with Gasteiger partial charge in [0.1, 0.15) is 0 Å². The second-order valence-electron chi connectivity index (χ2n) is 3.46. The van der Waals surface area contributed by atoms with Crippen LogP contribution in [0.5, 0.6) is 11.5 Å². The van der Waals surface area contributed by atoms with E-state index in [1.807, 2.05) is 18.2 Å². The van der Waals surface area contributed by atoms with Crippen LogP contribution in [-0.4, -0.2) is 20.8 Å². The third-order valence-electron chi connectivity index (χ3n) is 2.40. The van der Waals surface area contributed by atoms with Gasteiger partial charge in [0, 0.05) is 6.54 Å². The number of ether oxygens (including phenoxy) is 2. The number of nitrogens with two attached hydrogens (primary N) is 1. The summed E-state index contributed by atoms with van der Waals surface area (Å²) in [6.45, 7) is 0.366. The topological polar surface area (TPSA) is 68.3 Å². The largest absolute Gasteiger partial charge is 0.493 e. The van der Waals surface area contributed by atoms with E-state index in [9.17, 15) is 0 Å². The smallest absolute Gasteiger partial charge is 0.160 e. The van der Waals surface area contributed by atoms with Gasteiger partial charge in [-0.15, -0.1) is 0 Å². The van der Waals surface area contributed by atoms with E-state index in [0.29, 0.717) is 24.5 Å². The normalized spacial score (nSPS) is 11.6. The van der Waals surface area contributed by atoms with Gasteiger partial charge in [0.05, 0.1) is 26.2 Å². The fourth-order valence-electron chi connectivity index (χ4n) is 1.47. The summed E-state index contributed by atoms with van der Waals surface area (Å²) in [7, 11) is 3.18. The second-order valence-corrected chi connectivity index (χ2v) is 3.46. The highest BCUT2D eigenvalue weighted by Crippen LogP contribution is 2.28. The quantitative estimate of drug-likeness (QED) is 0.813. The summed E-state index contributed by atoms with van der Waals surface area (Å²) in [5, 5.41) is 8.83. The van der Waals surface area contributed by atoms with Crippen molar-refractivity contribution in [2.75, 3.05) is 20.8 Å². The Morgan fingerprint density at radius 1 is 1.31 bits per heavy atom. The molecule has 16 heavy (non-hydrogen) atoms. The first-order valence-corrected chi connectivity index (χ1v) is 5.05. The van der Waals surface area contributed by atoms with Crippen molar-refractivity contribution in [2.24, 2.45) is 11.7 Å². The van der Waals surface area contributed by atoms with E-state index in [2.05, 4.69) is 6.07 Å². The molecule has 86 valence electrons. The minimum absolute atomic E-state index is 0.155. The number of rotatable bonds is 5. The van der Waals surface area contributed by atoms with Crippen molar-refractivity contribution in [3.63, 3.8) is 0 Å². The van der Waals surface area contributed by atoms with Gasteiger partial charge in [-0.3, -0.25) is 0 Å². The van der Waals surface area contributed by atoms with E-state index in [0.717, 1.165) is 5.56 Å². The molecular formula is C12H16N2O2. The highest BCUT2D eigenvalue weighted by molar-refractivity contribution is 5.43. The minimum Gasteiger partial charge on any atom is -0.493 e. The molecule has 1 aromatic rings. The standard InChI is InChI=1S/C12H16N2O2/c1-15-11-4-3-9(6-12(11)16-2)5-10(7-13)8-14/h3-4,6,10H,5,7,13H2,1-2H3/t10-/m0/s1. The molecule has 0 saturated carbocycles. The predicted octanol–water partition coefficient (Wildman–Crippen LogP) is 1.34. The van der Waals surface area contributed by atoms with Crippen molar-refractivity contribution in [1.82, 2.24) is 0 Å². The Balaban J connectivity index is 2.87. The van der Waals surface area contributed by atoms with Crippen LogP contribution < -0.4 is 15.2 Å². The lowest BCUT2D eigenvalue weighted by atomic mass is 10.0. The van der Waals surface area contributed by atoms with Crippen LogP contribution in [0.4, 0.5) is 0 Å². The van der Waals surface area contributed by atoms with Crippen molar-refractivity contribution in [1.29, 1.82) is 5.26 Å². The number of hydrogen-bond acceptors (Lipinski definition) is 4. The van der Waals surface area contributed by atoms with E-state index in [-0.39, 0.29) is 5.92 Å². The lowest BCUT2D eigenvalue weighted by Crippen LogP contribution is -2.14. The Morgan fingerprint density at radius 2 is 2.00 bits per heavy atom. The van der Waals surface area contributed by atoms with Crippen LogP contribution in [0.2, 0.25) is 0 Å². The van der Waals surface area contributed by atoms with Gasteiger partial charge in [-0.25, -0.2) is 0 Å².